The van der Waals surface area contributed by atoms with Crippen LogP contribution in [-0.4, -0.2) is 33.2 Å². The molecule has 1 aromatic heterocycles. The molecule has 3 aromatic rings. The molecule has 2 aromatic carbocycles. The quantitative estimate of drug-likeness (QED) is 0.168. The van der Waals surface area contributed by atoms with Crippen molar-refractivity contribution in [2.45, 2.75) is 58.7 Å². The molecule has 0 aliphatic carbocycles. The SMILES string of the molecule is CC(C)c1c2c(nn1C/C(=N/N)NC(=O)OC(C)(C)C)C(=O)N(c1cccc(Cl)c1F)C2c1ccc(Cl)cc1. The van der Waals surface area contributed by atoms with E-state index in [0.29, 0.717) is 21.8 Å². The zero-order chi connectivity index (χ0) is 28.6. The van der Waals surface area contributed by atoms with Gasteiger partial charge in [-0.05, 0) is 56.5 Å². The number of amidine groups is 1. The van der Waals surface area contributed by atoms with E-state index in [1.54, 1.807) is 55.8 Å². The Kier molecular flexibility index (Phi) is 7.90. The first kappa shape index (κ1) is 28.4. The summed E-state index contributed by atoms with van der Waals surface area (Å²) in [5, 5.41) is 11.2. The van der Waals surface area contributed by atoms with Gasteiger partial charge in [-0.1, -0.05) is 55.2 Å². The Bertz CT molecular complexity index is 1450. The van der Waals surface area contributed by atoms with Gasteiger partial charge in [0.05, 0.1) is 16.8 Å². The summed E-state index contributed by atoms with van der Waals surface area (Å²) in [5.41, 5.74) is 1.44. The smallest absolute Gasteiger partial charge is 0.413 e. The molecule has 2 amide bonds. The largest absolute Gasteiger partial charge is 0.444 e. The monoisotopic (exact) mass is 574 g/mol. The van der Waals surface area contributed by atoms with Gasteiger partial charge in [0.25, 0.3) is 5.91 Å². The molecule has 1 aliphatic rings. The summed E-state index contributed by atoms with van der Waals surface area (Å²) < 4.78 is 22.1. The van der Waals surface area contributed by atoms with Crippen molar-refractivity contribution >= 4 is 46.7 Å². The Hall–Kier alpha value is -3.63. The standard InChI is InChI=1S/C27H29Cl2FN6O3/c1-14(2)23-20-22(34-35(23)13-19(33-31)32-26(38)39-27(3,4)5)25(37)36(18-8-6-7-17(29)21(18)30)24(20)15-9-11-16(28)12-10-15/h6-12,14,24H,13,31H2,1-5H3,(H,32,33,38). The number of hydrogen-bond acceptors (Lipinski definition) is 6. The van der Waals surface area contributed by atoms with E-state index in [1.807, 2.05) is 13.8 Å². The Morgan fingerprint density at radius 3 is 2.46 bits per heavy atom. The molecule has 2 heterocycles. The number of halogens is 3. The molecule has 206 valence electrons. The van der Waals surface area contributed by atoms with Gasteiger partial charge in [0.15, 0.2) is 17.3 Å². The molecular formula is C27H29Cl2FN6O3. The third-order valence-electron chi connectivity index (χ3n) is 6.01. The number of fused-ring (bicyclic) bond motifs is 1. The third-order valence-corrected chi connectivity index (χ3v) is 6.55. The number of aromatic nitrogens is 2. The molecule has 0 saturated heterocycles. The van der Waals surface area contributed by atoms with Crippen molar-refractivity contribution in [3.05, 3.63) is 80.8 Å². The van der Waals surface area contributed by atoms with Crippen molar-refractivity contribution in [2.75, 3.05) is 4.90 Å². The van der Waals surface area contributed by atoms with Crippen molar-refractivity contribution in [2.24, 2.45) is 10.9 Å². The lowest BCUT2D eigenvalue weighted by atomic mass is 9.94. The normalized spacial score (nSPS) is 15.6. The van der Waals surface area contributed by atoms with Gasteiger partial charge >= 0.3 is 6.09 Å². The van der Waals surface area contributed by atoms with E-state index in [-0.39, 0.29) is 34.7 Å². The fourth-order valence-electron chi connectivity index (χ4n) is 4.57. The highest BCUT2D eigenvalue weighted by Crippen LogP contribution is 2.46. The molecule has 1 aliphatic heterocycles. The number of alkyl carbamates (subject to hydrolysis) is 1. The summed E-state index contributed by atoms with van der Waals surface area (Å²) in [6.45, 7) is 9.05. The van der Waals surface area contributed by atoms with E-state index in [4.69, 9.17) is 33.8 Å². The summed E-state index contributed by atoms with van der Waals surface area (Å²) in [7, 11) is 0. The Morgan fingerprint density at radius 2 is 1.87 bits per heavy atom. The van der Waals surface area contributed by atoms with E-state index in [0.717, 1.165) is 0 Å². The summed E-state index contributed by atoms with van der Waals surface area (Å²) >= 11 is 12.2. The molecule has 0 spiro atoms. The van der Waals surface area contributed by atoms with E-state index in [2.05, 4.69) is 15.5 Å². The van der Waals surface area contributed by atoms with Crippen molar-refractivity contribution in [1.29, 1.82) is 0 Å². The average Bonchev–Trinajstić information content (AvgIpc) is 3.34. The third kappa shape index (κ3) is 5.72. The number of nitrogens with one attached hydrogen (secondary N) is 1. The molecule has 4 rings (SSSR count). The molecule has 12 heteroatoms. The minimum atomic E-state index is -0.727. The molecule has 0 radical (unpaired) electrons. The maximum Gasteiger partial charge on any atom is 0.413 e. The van der Waals surface area contributed by atoms with Gasteiger partial charge in [0.1, 0.15) is 12.1 Å². The van der Waals surface area contributed by atoms with Gasteiger partial charge in [-0.15, -0.1) is 0 Å². The molecule has 0 fully saturated rings. The van der Waals surface area contributed by atoms with Crippen molar-refractivity contribution in [1.82, 2.24) is 15.1 Å². The number of nitrogens with two attached hydrogens (primary N) is 1. The van der Waals surface area contributed by atoms with Crippen LogP contribution in [0.4, 0.5) is 14.9 Å². The van der Waals surface area contributed by atoms with E-state index in [1.165, 1.54) is 17.0 Å². The number of carbonyl (C=O) groups excluding carboxylic acids is 2. The lowest BCUT2D eigenvalue weighted by molar-refractivity contribution is 0.0561. The number of benzene rings is 2. The first-order valence-electron chi connectivity index (χ1n) is 12.2. The van der Waals surface area contributed by atoms with E-state index in [9.17, 15) is 9.59 Å². The first-order valence-corrected chi connectivity index (χ1v) is 13.0. The maximum absolute atomic E-state index is 15.3. The molecule has 1 unspecified atom stereocenters. The number of carbonyl (C=O) groups is 2. The number of nitrogens with zero attached hydrogens (tertiary/aromatic N) is 4. The predicted molar refractivity (Wildman–Crippen MR) is 149 cm³/mol. The predicted octanol–water partition coefficient (Wildman–Crippen LogP) is 6.00. The van der Waals surface area contributed by atoms with Crippen LogP contribution in [0.5, 0.6) is 0 Å². The average molecular weight is 575 g/mol. The van der Waals surface area contributed by atoms with Crippen LogP contribution in [0.1, 0.15) is 73.9 Å². The van der Waals surface area contributed by atoms with Crippen LogP contribution >= 0.6 is 23.2 Å². The number of hydrazone groups is 1. The van der Waals surface area contributed by atoms with Crippen LogP contribution in [-0.2, 0) is 11.3 Å². The zero-order valence-corrected chi connectivity index (χ0v) is 23.6. The molecule has 9 nitrogen and oxygen atoms in total. The highest BCUT2D eigenvalue weighted by molar-refractivity contribution is 6.31. The second-order valence-electron chi connectivity index (χ2n) is 10.4. The topological polar surface area (TPSA) is 115 Å². The number of anilines is 1. The van der Waals surface area contributed by atoms with Crippen LogP contribution < -0.4 is 16.1 Å². The van der Waals surface area contributed by atoms with Crippen molar-refractivity contribution in [3.8, 4) is 0 Å². The first-order chi connectivity index (χ1) is 18.3. The number of rotatable bonds is 5. The van der Waals surface area contributed by atoms with Gasteiger partial charge in [-0.2, -0.15) is 10.2 Å². The maximum atomic E-state index is 15.3. The van der Waals surface area contributed by atoms with Crippen LogP contribution in [0, 0.1) is 5.82 Å². The second kappa shape index (κ2) is 10.9. The van der Waals surface area contributed by atoms with Gasteiger partial charge < -0.3 is 10.6 Å². The second-order valence-corrected chi connectivity index (χ2v) is 11.2. The molecule has 1 atom stereocenters. The number of ether oxygens (including phenoxy) is 1. The minimum absolute atomic E-state index is 0.0301. The van der Waals surface area contributed by atoms with Crippen molar-refractivity contribution < 1.29 is 18.7 Å². The molecule has 0 bridgehead atoms. The lowest BCUT2D eigenvalue weighted by Crippen LogP contribution is -2.39. The van der Waals surface area contributed by atoms with Gasteiger partial charge in [-0.25, -0.2) is 9.18 Å². The summed E-state index contributed by atoms with van der Waals surface area (Å²) in [6.07, 6.45) is -0.727. The molecular weight excluding hydrogens is 546 g/mol. The Morgan fingerprint density at radius 1 is 1.21 bits per heavy atom. The fourth-order valence-corrected chi connectivity index (χ4v) is 4.87. The lowest BCUT2D eigenvalue weighted by Gasteiger charge is -2.28. The zero-order valence-electron chi connectivity index (χ0n) is 22.1. The number of amides is 2. The highest BCUT2D eigenvalue weighted by Gasteiger charge is 2.45. The van der Waals surface area contributed by atoms with Gasteiger partial charge in [0.2, 0.25) is 0 Å². The fraction of sp³-hybridized carbons (Fsp3) is 0.333. The Balaban J connectivity index is 1.82. The van der Waals surface area contributed by atoms with E-state index >= 15 is 4.39 Å². The van der Waals surface area contributed by atoms with Crippen LogP contribution in [0.25, 0.3) is 0 Å². The van der Waals surface area contributed by atoms with Gasteiger partial charge in [-0.3, -0.25) is 19.7 Å². The summed E-state index contributed by atoms with van der Waals surface area (Å²) in [4.78, 5) is 27.6. The minimum Gasteiger partial charge on any atom is -0.444 e. The summed E-state index contributed by atoms with van der Waals surface area (Å²) in [5.74, 6) is 4.31. The number of hydrogen-bond donors (Lipinski definition) is 2. The Labute approximate surface area is 235 Å². The molecule has 0 saturated carbocycles. The summed E-state index contributed by atoms with van der Waals surface area (Å²) in [6, 6.07) is 10.8. The molecule has 3 N–H and O–H groups in total. The van der Waals surface area contributed by atoms with Gasteiger partial charge in [0, 0.05) is 16.3 Å². The van der Waals surface area contributed by atoms with E-state index < -0.39 is 29.5 Å². The van der Waals surface area contributed by atoms with Crippen molar-refractivity contribution in [3.63, 3.8) is 0 Å². The van der Waals surface area contributed by atoms with Crippen LogP contribution in [0.3, 0.4) is 0 Å². The van der Waals surface area contributed by atoms with Crippen LogP contribution in [0.15, 0.2) is 47.6 Å². The highest BCUT2D eigenvalue weighted by atomic mass is 35.5. The molecule has 39 heavy (non-hydrogen) atoms. The van der Waals surface area contributed by atoms with Crippen LogP contribution in [0.2, 0.25) is 10.0 Å².